The summed E-state index contributed by atoms with van der Waals surface area (Å²) in [6, 6.07) is 4.84. The normalized spacial score (nSPS) is 14.6. The van der Waals surface area contributed by atoms with Gasteiger partial charge >= 0.3 is 5.69 Å². The lowest BCUT2D eigenvalue weighted by atomic mass is 10.1. The number of aromatic amines is 1. The minimum Gasteiger partial charge on any atom is -0.336 e. The van der Waals surface area contributed by atoms with Gasteiger partial charge in [0.25, 0.3) is 11.5 Å². The standard InChI is InChI=1S/C15H18N4O3.ClH/c1-2-19-14(21)11-4-3-10(9-12(11)17-15(19)22)13(20)18-7-5-16-6-8-18;/h3-4,9,16H,2,5-8H2,1H3,(H,17,22);1H. The van der Waals surface area contributed by atoms with Crippen molar-refractivity contribution in [1.82, 2.24) is 19.8 Å². The molecule has 0 unspecified atom stereocenters. The zero-order valence-corrected chi connectivity index (χ0v) is 13.6. The number of amides is 1. The van der Waals surface area contributed by atoms with Crippen LogP contribution in [-0.2, 0) is 6.54 Å². The molecule has 0 radical (unpaired) electrons. The summed E-state index contributed by atoms with van der Waals surface area (Å²) in [4.78, 5) is 41.0. The van der Waals surface area contributed by atoms with Gasteiger partial charge in [-0.25, -0.2) is 4.79 Å². The van der Waals surface area contributed by atoms with E-state index in [2.05, 4.69) is 10.3 Å². The molecule has 7 nitrogen and oxygen atoms in total. The molecular formula is C15H19ClN4O3. The van der Waals surface area contributed by atoms with Gasteiger partial charge in [-0.1, -0.05) is 0 Å². The maximum absolute atomic E-state index is 12.5. The number of nitrogens with one attached hydrogen (secondary N) is 2. The van der Waals surface area contributed by atoms with E-state index in [1.165, 1.54) is 0 Å². The fourth-order valence-electron chi connectivity index (χ4n) is 2.73. The fraction of sp³-hybridized carbons (Fsp3) is 0.400. The summed E-state index contributed by atoms with van der Waals surface area (Å²) in [6.45, 7) is 4.92. The van der Waals surface area contributed by atoms with Gasteiger partial charge in [-0.15, -0.1) is 12.4 Å². The van der Waals surface area contributed by atoms with Crippen molar-refractivity contribution in [3.05, 3.63) is 44.6 Å². The van der Waals surface area contributed by atoms with E-state index < -0.39 is 5.69 Å². The summed E-state index contributed by atoms with van der Waals surface area (Å²) < 4.78 is 1.14. The maximum atomic E-state index is 12.5. The van der Waals surface area contributed by atoms with Crippen LogP contribution in [0.1, 0.15) is 17.3 Å². The molecule has 1 saturated heterocycles. The van der Waals surface area contributed by atoms with Gasteiger partial charge in [0.1, 0.15) is 0 Å². The van der Waals surface area contributed by atoms with Crippen molar-refractivity contribution in [2.45, 2.75) is 13.5 Å². The van der Waals surface area contributed by atoms with E-state index >= 15 is 0 Å². The first-order valence-electron chi connectivity index (χ1n) is 7.38. The highest BCUT2D eigenvalue weighted by Crippen LogP contribution is 2.12. The van der Waals surface area contributed by atoms with Gasteiger partial charge in [0.2, 0.25) is 0 Å². The van der Waals surface area contributed by atoms with Crippen molar-refractivity contribution >= 4 is 29.2 Å². The second kappa shape index (κ2) is 6.97. The number of piperazine rings is 1. The van der Waals surface area contributed by atoms with E-state index in [4.69, 9.17) is 0 Å². The number of carbonyl (C=O) groups excluding carboxylic acids is 1. The van der Waals surface area contributed by atoms with Crippen LogP contribution in [0.15, 0.2) is 27.8 Å². The molecule has 2 N–H and O–H groups in total. The molecule has 0 bridgehead atoms. The first kappa shape index (κ1) is 17.2. The topological polar surface area (TPSA) is 87.2 Å². The first-order valence-corrected chi connectivity index (χ1v) is 7.38. The molecule has 0 spiro atoms. The molecule has 1 fully saturated rings. The largest absolute Gasteiger partial charge is 0.336 e. The number of carbonyl (C=O) groups is 1. The lowest BCUT2D eigenvalue weighted by molar-refractivity contribution is 0.0736. The van der Waals surface area contributed by atoms with Crippen molar-refractivity contribution in [1.29, 1.82) is 0 Å². The molecule has 0 aliphatic carbocycles. The number of hydrogen-bond donors (Lipinski definition) is 2. The van der Waals surface area contributed by atoms with Crippen molar-refractivity contribution in [3.63, 3.8) is 0 Å². The Balaban J connectivity index is 0.00000192. The lowest BCUT2D eigenvalue weighted by Crippen LogP contribution is -2.46. The smallest absolute Gasteiger partial charge is 0.328 e. The SMILES string of the molecule is CCn1c(=O)[nH]c2cc(C(=O)N3CCNCC3)ccc2c1=O.Cl. The minimum absolute atomic E-state index is 0. The Morgan fingerprint density at radius 1 is 1.22 bits per heavy atom. The maximum Gasteiger partial charge on any atom is 0.328 e. The van der Waals surface area contributed by atoms with Gasteiger partial charge in [-0.3, -0.25) is 14.2 Å². The van der Waals surface area contributed by atoms with Crippen LogP contribution in [0.2, 0.25) is 0 Å². The molecule has 2 aromatic rings. The van der Waals surface area contributed by atoms with Gasteiger partial charge in [-0.2, -0.15) is 0 Å². The second-order valence-corrected chi connectivity index (χ2v) is 5.28. The number of fused-ring (bicyclic) bond motifs is 1. The number of hydrogen-bond acceptors (Lipinski definition) is 4. The summed E-state index contributed by atoms with van der Waals surface area (Å²) >= 11 is 0. The molecule has 0 atom stereocenters. The molecule has 2 heterocycles. The molecule has 3 rings (SSSR count). The molecule has 1 amide bonds. The molecular weight excluding hydrogens is 320 g/mol. The van der Waals surface area contributed by atoms with E-state index in [1.807, 2.05) is 0 Å². The Morgan fingerprint density at radius 2 is 1.91 bits per heavy atom. The van der Waals surface area contributed by atoms with E-state index in [-0.39, 0.29) is 23.9 Å². The zero-order valence-electron chi connectivity index (χ0n) is 12.8. The number of nitrogens with zero attached hydrogens (tertiary/aromatic N) is 2. The summed E-state index contributed by atoms with van der Waals surface area (Å²) in [6.07, 6.45) is 0. The van der Waals surface area contributed by atoms with E-state index in [0.29, 0.717) is 36.1 Å². The average molecular weight is 339 g/mol. The third-order valence-corrected chi connectivity index (χ3v) is 3.95. The zero-order chi connectivity index (χ0) is 15.7. The van der Waals surface area contributed by atoms with E-state index in [0.717, 1.165) is 17.7 Å². The highest BCUT2D eigenvalue weighted by atomic mass is 35.5. The second-order valence-electron chi connectivity index (χ2n) is 5.28. The van der Waals surface area contributed by atoms with Gasteiger partial charge in [0.15, 0.2) is 0 Å². The highest BCUT2D eigenvalue weighted by Gasteiger charge is 2.18. The third-order valence-electron chi connectivity index (χ3n) is 3.95. The van der Waals surface area contributed by atoms with Crippen molar-refractivity contribution in [3.8, 4) is 0 Å². The van der Waals surface area contributed by atoms with Crippen molar-refractivity contribution < 1.29 is 4.79 Å². The summed E-state index contributed by atoms with van der Waals surface area (Å²) in [7, 11) is 0. The summed E-state index contributed by atoms with van der Waals surface area (Å²) in [5.74, 6) is -0.0797. The molecule has 1 aromatic heterocycles. The van der Waals surface area contributed by atoms with Crippen LogP contribution in [0.5, 0.6) is 0 Å². The van der Waals surface area contributed by atoms with Crippen LogP contribution in [0.25, 0.3) is 10.9 Å². The predicted octanol–water partition coefficient (Wildman–Crippen LogP) is 0.177. The quantitative estimate of drug-likeness (QED) is 0.817. The number of H-pyrrole nitrogens is 1. The van der Waals surface area contributed by atoms with Gasteiger partial charge in [-0.05, 0) is 25.1 Å². The minimum atomic E-state index is -0.452. The molecule has 8 heteroatoms. The van der Waals surface area contributed by atoms with E-state index in [1.54, 1.807) is 30.0 Å². The number of aromatic nitrogens is 2. The Hall–Kier alpha value is -2.12. The number of benzene rings is 1. The molecule has 23 heavy (non-hydrogen) atoms. The molecule has 1 aliphatic heterocycles. The lowest BCUT2D eigenvalue weighted by Gasteiger charge is -2.27. The van der Waals surface area contributed by atoms with Crippen LogP contribution >= 0.6 is 12.4 Å². The molecule has 0 saturated carbocycles. The Labute approximate surface area is 138 Å². The highest BCUT2D eigenvalue weighted by molar-refractivity contribution is 5.97. The van der Waals surface area contributed by atoms with Crippen LogP contribution in [0.3, 0.4) is 0 Å². The van der Waals surface area contributed by atoms with Crippen LogP contribution in [-0.4, -0.2) is 46.5 Å². The summed E-state index contributed by atoms with van der Waals surface area (Å²) in [5, 5.41) is 3.61. The fourth-order valence-corrected chi connectivity index (χ4v) is 2.73. The molecule has 1 aromatic carbocycles. The van der Waals surface area contributed by atoms with Crippen LogP contribution < -0.4 is 16.6 Å². The number of halogens is 1. The Kier molecular flexibility index (Phi) is 5.23. The van der Waals surface area contributed by atoms with Gasteiger partial charge < -0.3 is 15.2 Å². The van der Waals surface area contributed by atoms with Crippen molar-refractivity contribution in [2.24, 2.45) is 0 Å². The van der Waals surface area contributed by atoms with Crippen LogP contribution in [0.4, 0.5) is 0 Å². The van der Waals surface area contributed by atoms with E-state index in [9.17, 15) is 14.4 Å². The van der Waals surface area contributed by atoms with Gasteiger partial charge in [0, 0.05) is 38.3 Å². The Morgan fingerprint density at radius 3 is 2.57 bits per heavy atom. The monoisotopic (exact) mass is 338 g/mol. The molecule has 124 valence electrons. The third kappa shape index (κ3) is 3.16. The van der Waals surface area contributed by atoms with Crippen molar-refractivity contribution in [2.75, 3.05) is 26.2 Å². The average Bonchev–Trinajstić information content (AvgIpc) is 2.55. The number of rotatable bonds is 2. The molecule has 1 aliphatic rings. The first-order chi connectivity index (χ1) is 10.6. The van der Waals surface area contributed by atoms with Crippen LogP contribution in [0, 0.1) is 0 Å². The summed E-state index contributed by atoms with van der Waals surface area (Å²) in [5.41, 5.74) is 0.105. The predicted molar refractivity (Wildman–Crippen MR) is 90.5 cm³/mol. The van der Waals surface area contributed by atoms with Gasteiger partial charge in [0.05, 0.1) is 10.9 Å². The Bertz CT molecular complexity index is 837.